The number of rotatable bonds is 0. The Hall–Kier alpha value is -0.500. The van der Waals surface area contributed by atoms with Crippen LogP contribution in [0.3, 0.4) is 0 Å². The lowest BCUT2D eigenvalue weighted by Crippen LogP contribution is -2.55. The SMILES string of the molecule is C=C1CC2(CN1)CN(C)C2. The summed E-state index contributed by atoms with van der Waals surface area (Å²) in [7, 11) is 2.17. The number of allylic oxidation sites excluding steroid dienone is 1. The van der Waals surface area contributed by atoms with Crippen molar-refractivity contribution in [2.75, 3.05) is 26.7 Å². The highest BCUT2D eigenvalue weighted by Gasteiger charge is 2.44. The Morgan fingerprint density at radius 1 is 1.60 bits per heavy atom. The molecular weight excluding hydrogens is 124 g/mol. The van der Waals surface area contributed by atoms with Gasteiger partial charge < -0.3 is 10.2 Å². The van der Waals surface area contributed by atoms with Gasteiger partial charge in [-0.05, 0) is 13.5 Å². The molecule has 0 aromatic heterocycles. The van der Waals surface area contributed by atoms with Gasteiger partial charge in [-0.15, -0.1) is 0 Å². The van der Waals surface area contributed by atoms with Gasteiger partial charge in [-0.3, -0.25) is 0 Å². The molecule has 0 atom stereocenters. The summed E-state index contributed by atoms with van der Waals surface area (Å²) in [6.07, 6.45) is 1.19. The van der Waals surface area contributed by atoms with E-state index in [4.69, 9.17) is 0 Å². The van der Waals surface area contributed by atoms with E-state index in [9.17, 15) is 0 Å². The van der Waals surface area contributed by atoms with Crippen LogP contribution in [-0.2, 0) is 0 Å². The Bertz CT molecular complexity index is 168. The first-order valence-electron chi connectivity index (χ1n) is 3.80. The molecule has 56 valence electrons. The number of hydrogen-bond acceptors (Lipinski definition) is 2. The van der Waals surface area contributed by atoms with Crippen LogP contribution in [0.15, 0.2) is 12.3 Å². The maximum atomic E-state index is 3.93. The van der Waals surface area contributed by atoms with Crippen molar-refractivity contribution in [3.05, 3.63) is 12.3 Å². The number of likely N-dealkylation sites (tertiary alicyclic amines) is 1. The maximum absolute atomic E-state index is 3.93. The van der Waals surface area contributed by atoms with Crippen molar-refractivity contribution < 1.29 is 0 Å². The van der Waals surface area contributed by atoms with Crippen LogP contribution in [0.25, 0.3) is 0 Å². The summed E-state index contributed by atoms with van der Waals surface area (Å²) in [6.45, 7) is 7.57. The Balaban J connectivity index is 2.01. The molecule has 2 rings (SSSR count). The van der Waals surface area contributed by atoms with Crippen molar-refractivity contribution in [3.8, 4) is 0 Å². The second-order valence-corrected chi connectivity index (χ2v) is 3.81. The minimum absolute atomic E-state index is 0.575. The van der Waals surface area contributed by atoms with Gasteiger partial charge in [0.2, 0.25) is 0 Å². The van der Waals surface area contributed by atoms with Crippen molar-refractivity contribution in [3.63, 3.8) is 0 Å². The Morgan fingerprint density at radius 3 is 2.70 bits per heavy atom. The molecule has 1 N–H and O–H groups in total. The van der Waals surface area contributed by atoms with Crippen LogP contribution in [0.5, 0.6) is 0 Å². The average Bonchev–Trinajstić information content (AvgIpc) is 2.10. The van der Waals surface area contributed by atoms with Crippen molar-refractivity contribution in [1.29, 1.82) is 0 Å². The minimum Gasteiger partial charge on any atom is -0.388 e. The standard InChI is InChI=1S/C8H14N2/c1-7-3-8(4-9-7)5-10(2)6-8/h9H,1,3-6H2,2H3. The van der Waals surface area contributed by atoms with Crippen LogP contribution < -0.4 is 5.32 Å². The third kappa shape index (κ3) is 0.754. The van der Waals surface area contributed by atoms with Gasteiger partial charge in [-0.1, -0.05) is 6.58 Å². The molecule has 1 spiro atoms. The highest BCUT2D eigenvalue weighted by molar-refractivity contribution is 5.12. The van der Waals surface area contributed by atoms with Crippen LogP contribution in [0.2, 0.25) is 0 Å². The minimum atomic E-state index is 0.575. The second-order valence-electron chi connectivity index (χ2n) is 3.81. The van der Waals surface area contributed by atoms with Gasteiger partial charge in [0.1, 0.15) is 0 Å². The molecule has 0 aromatic rings. The molecule has 2 nitrogen and oxygen atoms in total. The predicted octanol–water partition coefficient (Wildman–Crippen LogP) is 0.425. The first-order valence-corrected chi connectivity index (χ1v) is 3.80. The molecular formula is C8H14N2. The molecule has 2 fully saturated rings. The van der Waals surface area contributed by atoms with E-state index >= 15 is 0 Å². The molecule has 0 bridgehead atoms. The Morgan fingerprint density at radius 2 is 2.30 bits per heavy atom. The molecule has 0 saturated carbocycles. The van der Waals surface area contributed by atoms with Gasteiger partial charge in [0.25, 0.3) is 0 Å². The molecule has 2 aliphatic rings. The lowest BCUT2D eigenvalue weighted by Gasteiger charge is -2.45. The highest BCUT2D eigenvalue weighted by atomic mass is 15.2. The smallest absolute Gasteiger partial charge is 0.0228 e. The summed E-state index contributed by atoms with van der Waals surface area (Å²) in [5, 5.41) is 3.31. The molecule has 0 aliphatic carbocycles. The largest absolute Gasteiger partial charge is 0.388 e. The van der Waals surface area contributed by atoms with Gasteiger partial charge in [0.15, 0.2) is 0 Å². The van der Waals surface area contributed by atoms with Crippen LogP contribution in [0, 0.1) is 5.41 Å². The summed E-state index contributed by atoms with van der Waals surface area (Å²) in [5.41, 5.74) is 1.80. The van der Waals surface area contributed by atoms with Gasteiger partial charge in [-0.25, -0.2) is 0 Å². The van der Waals surface area contributed by atoms with E-state index in [0.29, 0.717) is 5.41 Å². The quantitative estimate of drug-likeness (QED) is 0.522. The van der Waals surface area contributed by atoms with E-state index in [-0.39, 0.29) is 0 Å². The van der Waals surface area contributed by atoms with Gasteiger partial charge in [0.05, 0.1) is 0 Å². The molecule has 0 aromatic carbocycles. The lowest BCUT2D eigenvalue weighted by molar-refractivity contribution is 0.0424. The normalized spacial score (nSPS) is 30.3. The van der Waals surface area contributed by atoms with E-state index in [2.05, 4.69) is 23.8 Å². The van der Waals surface area contributed by atoms with Crippen LogP contribution in [0.1, 0.15) is 6.42 Å². The van der Waals surface area contributed by atoms with Crippen LogP contribution in [-0.4, -0.2) is 31.6 Å². The van der Waals surface area contributed by atoms with Crippen molar-refractivity contribution in [2.24, 2.45) is 5.41 Å². The zero-order chi connectivity index (χ0) is 7.19. The first kappa shape index (κ1) is 6.23. The lowest BCUT2D eigenvalue weighted by atomic mass is 9.79. The molecule has 2 saturated heterocycles. The third-order valence-corrected chi connectivity index (χ3v) is 2.51. The van der Waals surface area contributed by atoms with E-state index < -0.39 is 0 Å². The third-order valence-electron chi connectivity index (χ3n) is 2.51. The van der Waals surface area contributed by atoms with E-state index in [1.165, 1.54) is 25.2 Å². The zero-order valence-corrected chi connectivity index (χ0v) is 6.48. The summed E-state index contributed by atoms with van der Waals surface area (Å²) in [6, 6.07) is 0. The maximum Gasteiger partial charge on any atom is 0.0228 e. The summed E-state index contributed by atoms with van der Waals surface area (Å²) < 4.78 is 0. The molecule has 0 amide bonds. The molecule has 10 heavy (non-hydrogen) atoms. The summed E-state index contributed by atoms with van der Waals surface area (Å²) in [5.74, 6) is 0. The predicted molar refractivity (Wildman–Crippen MR) is 41.7 cm³/mol. The fourth-order valence-electron chi connectivity index (χ4n) is 2.21. The van der Waals surface area contributed by atoms with Gasteiger partial charge in [-0.2, -0.15) is 0 Å². The summed E-state index contributed by atoms with van der Waals surface area (Å²) in [4.78, 5) is 2.36. The van der Waals surface area contributed by atoms with E-state index in [0.717, 1.165) is 6.54 Å². The topological polar surface area (TPSA) is 15.3 Å². The first-order chi connectivity index (χ1) is 4.70. The number of nitrogens with one attached hydrogen (secondary N) is 1. The average molecular weight is 138 g/mol. The van der Waals surface area contributed by atoms with Crippen molar-refractivity contribution in [2.45, 2.75) is 6.42 Å². The molecule has 2 heteroatoms. The van der Waals surface area contributed by atoms with E-state index in [1.54, 1.807) is 0 Å². The Labute approximate surface area is 61.9 Å². The van der Waals surface area contributed by atoms with Crippen molar-refractivity contribution >= 4 is 0 Å². The van der Waals surface area contributed by atoms with Crippen LogP contribution in [0.4, 0.5) is 0 Å². The van der Waals surface area contributed by atoms with Gasteiger partial charge >= 0.3 is 0 Å². The van der Waals surface area contributed by atoms with E-state index in [1.807, 2.05) is 0 Å². The van der Waals surface area contributed by atoms with Crippen molar-refractivity contribution in [1.82, 2.24) is 10.2 Å². The molecule has 0 radical (unpaired) electrons. The Kier molecular flexibility index (Phi) is 1.09. The highest BCUT2D eigenvalue weighted by Crippen LogP contribution is 2.37. The molecule has 2 aliphatic heterocycles. The second kappa shape index (κ2) is 1.76. The van der Waals surface area contributed by atoms with Crippen LogP contribution >= 0.6 is 0 Å². The monoisotopic (exact) mass is 138 g/mol. The number of nitrogens with zero attached hydrogens (tertiary/aromatic N) is 1. The summed E-state index contributed by atoms with van der Waals surface area (Å²) >= 11 is 0. The number of hydrogen-bond donors (Lipinski definition) is 1. The molecule has 2 heterocycles. The molecule has 0 unspecified atom stereocenters. The van der Waals surface area contributed by atoms with Gasteiger partial charge in [0, 0.05) is 30.7 Å². The zero-order valence-electron chi connectivity index (χ0n) is 6.48. The fraction of sp³-hybridized carbons (Fsp3) is 0.750. The fourth-order valence-corrected chi connectivity index (χ4v) is 2.21.